The van der Waals surface area contributed by atoms with E-state index in [1.165, 1.54) is 24.0 Å². The smallest absolute Gasteiger partial charge is 0.275 e. The molecule has 1 aliphatic carbocycles. The molecule has 0 aromatic heterocycles. The lowest BCUT2D eigenvalue weighted by atomic mass is 9.62. The SMILES string of the molecule is CC12CC[N+]3(C)CC(=O)N[C@H](c4ccccc41)C3C2. The third-order valence-electron chi connectivity index (χ3n) is 5.79. The Hall–Kier alpha value is -1.35. The quantitative estimate of drug-likeness (QED) is 0.705. The number of piperidine rings is 1. The monoisotopic (exact) mass is 257 g/mol. The van der Waals surface area contributed by atoms with Crippen LogP contribution in [0.2, 0.25) is 0 Å². The third-order valence-corrected chi connectivity index (χ3v) is 5.79. The Kier molecular flexibility index (Phi) is 2.05. The van der Waals surface area contributed by atoms with Crippen LogP contribution in [0.4, 0.5) is 0 Å². The highest BCUT2D eigenvalue weighted by molar-refractivity contribution is 5.78. The van der Waals surface area contributed by atoms with Gasteiger partial charge in [-0.25, -0.2) is 0 Å². The van der Waals surface area contributed by atoms with Gasteiger partial charge < -0.3 is 9.80 Å². The number of hydrogen-bond donors (Lipinski definition) is 1. The van der Waals surface area contributed by atoms with Gasteiger partial charge in [-0.1, -0.05) is 31.2 Å². The normalized spacial score (nSPS) is 43.4. The Labute approximate surface area is 114 Å². The standard InChI is InChI=1S/C16H20N2O/c1-16-7-8-18(2)10-14(19)17-15(13(18)9-16)11-5-3-4-6-12(11)16/h3-6,13,15H,7-10H2,1-2H3/p+1/t13?,15-,16?,18?/m1/s1. The molecule has 1 N–H and O–H groups in total. The minimum absolute atomic E-state index is 0.212. The molecule has 3 heteroatoms. The summed E-state index contributed by atoms with van der Waals surface area (Å²) in [5.41, 5.74) is 3.13. The predicted octanol–water partition coefficient (Wildman–Crippen LogP) is 1.74. The molecule has 2 saturated heterocycles. The van der Waals surface area contributed by atoms with Crippen molar-refractivity contribution in [3.63, 3.8) is 0 Å². The van der Waals surface area contributed by atoms with Gasteiger partial charge in [-0.15, -0.1) is 0 Å². The summed E-state index contributed by atoms with van der Waals surface area (Å²) in [6.07, 6.45) is 2.39. The van der Waals surface area contributed by atoms with Crippen molar-refractivity contribution >= 4 is 5.91 Å². The number of quaternary nitrogens is 1. The van der Waals surface area contributed by atoms with Gasteiger partial charge in [0.2, 0.25) is 0 Å². The van der Waals surface area contributed by atoms with Gasteiger partial charge in [0.15, 0.2) is 6.54 Å². The number of nitrogens with one attached hydrogen (secondary N) is 1. The van der Waals surface area contributed by atoms with Gasteiger partial charge in [0, 0.05) is 18.3 Å². The lowest BCUT2D eigenvalue weighted by Crippen LogP contribution is -2.71. The molecule has 0 radical (unpaired) electrons. The van der Waals surface area contributed by atoms with Crippen molar-refractivity contribution in [2.75, 3.05) is 20.1 Å². The Morgan fingerprint density at radius 2 is 2.16 bits per heavy atom. The molecule has 4 rings (SSSR count). The second-order valence-corrected chi connectivity index (χ2v) is 7.08. The first-order chi connectivity index (χ1) is 9.02. The second kappa shape index (κ2) is 3.40. The van der Waals surface area contributed by atoms with E-state index in [1.807, 2.05) is 0 Å². The van der Waals surface area contributed by atoms with Crippen molar-refractivity contribution in [2.24, 2.45) is 0 Å². The average Bonchev–Trinajstić information content (AvgIpc) is 2.39. The summed E-state index contributed by atoms with van der Waals surface area (Å²) in [4.78, 5) is 12.1. The maximum Gasteiger partial charge on any atom is 0.275 e. The first kappa shape index (κ1) is 11.5. The van der Waals surface area contributed by atoms with E-state index in [0.29, 0.717) is 18.0 Å². The maximum atomic E-state index is 12.1. The van der Waals surface area contributed by atoms with Gasteiger partial charge >= 0.3 is 0 Å². The molecule has 1 aromatic rings. The molecule has 3 unspecified atom stereocenters. The summed E-state index contributed by atoms with van der Waals surface area (Å²) in [5, 5.41) is 3.25. The Morgan fingerprint density at radius 1 is 1.37 bits per heavy atom. The van der Waals surface area contributed by atoms with Crippen LogP contribution in [0.1, 0.15) is 36.9 Å². The highest BCUT2D eigenvalue weighted by Gasteiger charge is 2.57. The fraction of sp³-hybridized carbons (Fsp3) is 0.562. The van der Waals surface area contributed by atoms with E-state index in [9.17, 15) is 4.79 Å². The molecular weight excluding hydrogens is 236 g/mol. The number of nitrogens with zero attached hydrogens (tertiary/aromatic N) is 1. The van der Waals surface area contributed by atoms with Crippen LogP contribution < -0.4 is 5.32 Å². The van der Waals surface area contributed by atoms with E-state index in [0.717, 1.165) is 11.0 Å². The fourth-order valence-corrected chi connectivity index (χ4v) is 4.62. The summed E-state index contributed by atoms with van der Waals surface area (Å²) in [6, 6.07) is 9.49. The Balaban J connectivity index is 1.93. The van der Waals surface area contributed by atoms with Crippen LogP contribution >= 0.6 is 0 Å². The molecule has 100 valence electrons. The fourth-order valence-electron chi connectivity index (χ4n) is 4.62. The third kappa shape index (κ3) is 1.39. The summed E-state index contributed by atoms with van der Waals surface area (Å²) in [7, 11) is 2.27. The van der Waals surface area contributed by atoms with Gasteiger partial charge in [-0.05, 0) is 11.1 Å². The molecule has 0 saturated carbocycles. The molecule has 2 aliphatic heterocycles. The lowest BCUT2D eigenvalue weighted by Gasteiger charge is -2.58. The molecular formula is C16H21N2O+. The van der Waals surface area contributed by atoms with E-state index in [1.54, 1.807) is 0 Å². The predicted molar refractivity (Wildman–Crippen MR) is 73.6 cm³/mol. The van der Waals surface area contributed by atoms with Gasteiger partial charge in [0.1, 0.15) is 12.1 Å². The lowest BCUT2D eigenvalue weighted by molar-refractivity contribution is -0.938. The molecule has 4 atom stereocenters. The molecule has 2 fully saturated rings. The van der Waals surface area contributed by atoms with Crippen molar-refractivity contribution in [1.29, 1.82) is 0 Å². The summed E-state index contributed by atoms with van der Waals surface area (Å²) < 4.78 is 0.931. The topological polar surface area (TPSA) is 29.1 Å². The zero-order valence-corrected chi connectivity index (χ0v) is 11.6. The number of benzene rings is 1. The number of carbonyl (C=O) groups excluding carboxylic acids is 1. The van der Waals surface area contributed by atoms with Crippen LogP contribution in [0.3, 0.4) is 0 Å². The molecule has 3 nitrogen and oxygen atoms in total. The van der Waals surface area contributed by atoms with Crippen LogP contribution in [0.5, 0.6) is 0 Å². The summed E-state index contributed by atoms with van der Waals surface area (Å²) >= 11 is 0. The van der Waals surface area contributed by atoms with E-state index < -0.39 is 0 Å². The average molecular weight is 257 g/mol. The first-order valence-corrected chi connectivity index (χ1v) is 7.25. The second-order valence-electron chi connectivity index (χ2n) is 7.08. The minimum Gasteiger partial charge on any atom is -0.339 e. The minimum atomic E-state index is 0.212. The van der Waals surface area contributed by atoms with Crippen LogP contribution in [-0.2, 0) is 10.2 Å². The number of hydrogen-bond acceptors (Lipinski definition) is 1. The summed E-state index contributed by atoms with van der Waals surface area (Å²) in [6.45, 7) is 4.18. The van der Waals surface area contributed by atoms with E-state index >= 15 is 0 Å². The van der Waals surface area contributed by atoms with Crippen molar-refractivity contribution in [1.82, 2.24) is 5.32 Å². The molecule has 1 aromatic carbocycles. The van der Waals surface area contributed by atoms with Crippen molar-refractivity contribution in [2.45, 2.75) is 37.3 Å². The number of fused-ring (bicyclic) bond motifs is 4. The maximum absolute atomic E-state index is 12.1. The van der Waals surface area contributed by atoms with Crippen LogP contribution in [0.25, 0.3) is 0 Å². The van der Waals surface area contributed by atoms with Gasteiger partial charge in [-0.3, -0.25) is 4.79 Å². The molecule has 2 bridgehead atoms. The Morgan fingerprint density at radius 3 is 3.00 bits per heavy atom. The van der Waals surface area contributed by atoms with Crippen LogP contribution in [0, 0.1) is 0 Å². The Bertz CT molecular complexity index is 570. The molecule has 2 heterocycles. The highest BCUT2D eigenvalue weighted by Crippen LogP contribution is 2.51. The molecule has 3 aliphatic rings. The number of likely N-dealkylation sites (N-methyl/N-ethyl adjacent to an activating group) is 1. The molecule has 0 spiro atoms. The largest absolute Gasteiger partial charge is 0.339 e. The van der Waals surface area contributed by atoms with Crippen LogP contribution in [-0.4, -0.2) is 36.6 Å². The van der Waals surface area contributed by atoms with E-state index in [2.05, 4.69) is 43.6 Å². The van der Waals surface area contributed by atoms with Crippen molar-refractivity contribution in [3.8, 4) is 0 Å². The summed E-state index contributed by atoms with van der Waals surface area (Å²) in [5.74, 6) is 0.212. The van der Waals surface area contributed by atoms with E-state index in [-0.39, 0.29) is 11.9 Å². The number of piperazine rings is 1. The molecule has 1 amide bonds. The van der Waals surface area contributed by atoms with Gasteiger partial charge in [-0.2, -0.15) is 0 Å². The number of carbonyl (C=O) groups is 1. The first-order valence-electron chi connectivity index (χ1n) is 7.25. The van der Waals surface area contributed by atoms with Crippen LogP contribution in [0.15, 0.2) is 24.3 Å². The van der Waals surface area contributed by atoms with Crippen molar-refractivity contribution in [3.05, 3.63) is 35.4 Å². The van der Waals surface area contributed by atoms with Crippen molar-refractivity contribution < 1.29 is 9.28 Å². The molecule has 19 heavy (non-hydrogen) atoms. The zero-order valence-electron chi connectivity index (χ0n) is 11.6. The van der Waals surface area contributed by atoms with Gasteiger partial charge in [0.25, 0.3) is 5.91 Å². The number of amides is 1. The van der Waals surface area contributed by atoms with E-state index in [4.69, 9.17) is 0 Å². The number of rotatable bonds is 0. The highest BCUT2D eigenvalue weighted by atomic mass is 16.2. The zero-order chi connectivity index (χ0) is 13.3. The van der Waals surface area contributed by atoms with Gasteiger partial charge in [0.05, 0.1) is 13.6 Å².